The van der Waals surface area contributed by atoms with Gasteiger partial charge in [-0.15, -0.1) is 11.3 Å². The molecule has 128 valence electrons. The van der Waals surface area contributed by atoms with Gasteiger partial charge in [-0.2, -0.15) is 0 Å². The molecule has 2 aromatic heterocycles. The molecular weight excluding hydrogens is 356 g/mol. The van der Waals surface area contributed by atoms with Crippen LogP contribution in [0.4, 0.5) is 0 Å². The third-order valence-electron chi connectivity index (χ3n) is 4.19. The van der Waals surface area contributed by atoms with E-state index in [9.17, 15) is 0 Å². The Morgan fingerprint density at radius 1 is 0.846 bits per heavy atom. The maximum atomic E-state index is 4.55. The van der Waals surface area contributed by atoms with Crippen molar-refractivity contribution in [3.63, 3.8) is 0 Å². The molecule has 0 spiro atoms. The fourth-order valence-corrected chi connectivity index (χ4v) is 4.70. The minimum atomic E-state index is 1.02. The van der Waals surface area contributed by atoms with Crippen molar-refractivity contribution < 1.29 is 4.58 Å². The van der Waals surface area contributed by atoms with E-state index in [2.05, 4.69) is 83.7 Å². The van der Waals surface area contributed by atoms with Gasteiger partial charge in [-0.25, -0.2) is 4.58 Å². The number of rotatable bonds is 2. The van der Waals surface area contributed by atoms with E-state index in [1.54, 1.807) is 23.1 Å². The third kappa shape index (κ3) is 3.57. The summed E-state index contributed by atoms with van der Waals surface area (Å²) >= 11 is 3.56. The predicted molar refractivity (Wildman–Crippen MR) is 115 cm³/mol. The van der Waals surface area contributed by atoms with Gasteiger partial charge in [0.25, 0.3) is 0 Å². The van der Waals surface area contributed by atoms with Crippen LogP contribution >= 0.6 is 23.1 Å². The molecule has 2 nitrogen and oxygen atoms in total. The van der Waals surface area contributed by atoms with E-state index < -0.39 is 0 Å². The van der Waals surface area contributed by atoms with E-state index in [-0.39, 0.29) is 0 Å². The van der Waals surface area contributed by atoms with Crippen LogP contribution in [0.2, 0.25) is 0 Å². The summed E-state index contributed by atoms with van der Waals surface area (Å²) < 4.78 is 2.12. The van der Waals surface area contributed by atoms with Crippen LogP contribution in [-0.4, -0.2) is 29.4 Å². The molecule has 0 radical (unpaired) electrons. The number of thiophene rings is 1. The lowest BCUT2D eigenvalue weighted by molar-refractivity contribution is -0.462. The van der Waals surface area contributed by atoms with Gasteiger partial charge in [-0.05, 0) is 59.0 Å². The Hall–Kier alpha value is -2.43. The first kappa shape index (κ1) is 17.0. The van der Waals surface area contributed by atoms with E-state index in [0.29, 0.717) is 0 Å². The molecule has 2 aromatic rings. The topological polar surface area (TPSA) is 15.9 Å². The van der Waals surface area contributed by atoms with Crippen LogP contribution in [0.3, 0.4) is 0 Å². The Kier molecular flexibility index (Phi) is 4.87. The van der Waals surface area contributed by atoms with E-state index >= 15 is 0 Å². The maximum Gasteiger partial charge on any atom is 0.199 e. The summed E-state index contributed by atoms with van der Waals surface area (Å²) in [5.41, 5.74) is 4.66. The first-order valence-corrected chi connectivity index (χ1v) is 10.1. The van der Waals surface area contributed by atoms with Gasteiger partial charge in [0.1, 0.15) is 14.1 Å². The maximum absolute atomic E-state index is 4.55. The average molecular weight is 376 g/mol. The molecule has 0 unspecified atom stereocenters. The summed E-state index contributed by atoms with van der Waals surface area (Å²) in [4.78, 5) is 8.30. The second-order valence-electron chi connectivity index (χ2n) is 6.21. The first-order chi connectivity index (χ1) is 12.7. The Morgan fingerprint density at radius 3 is 2.31 bits per heavy atom. The first-order valence-electron chi connectivity index (χ1n) is 8.42. The van der Waals surface area contributed by atoms with Crippen molar-refractivity contribution in [2.75, 3.05) is 14.1 Å². The quantitative estimate of drug-likeness (QED) is 0.653. The number of pyridine rings is 1. The molecule has 1 aliphatic carbocycles. The van der Waals surface area contributed by atoms with Crippen LogP contribution < -0.4 is 0 Å². The normalized spacial score (nSPS) is 16.6. The molecule has 0 fully saturated rings. The Morgan fingerprint density at radius 2 is 1.65 bits per heavy atom. The number of hydrogen-bond donors (Lipinski definition) is 0. The zero-order chi connectivity index (χ0) is 17.9. The molecule has 1 aliphatic heterocycles. The zero-order valence-electron chi connectivity index (χ0n) is 14.7. The molecule has 26 heavy (non-hydrogen) atoms. The predicted octanol–water partition coefficient (Wildman–Crippen LogP) is 5.41. The average Bonchev–Trinajstić information content (AvgIpc) is 3.23. The molecule has 0 bridgehead atoms. The Balaban J connectivity index is 1.80. The number of allylic oxidation sites excluding steroid dienone is 8. The Labute approximate surface area is 162 Å². The van der Waals surface area contributed by atoms with Crippen LogP contribution in [0.1, 0.15) is 10.6 Å². The molecule has 0 amide bonds. The van der Waals surface area contributed by atoms with Crippen molar-refractivity contribution in [1.82, 2.24) is 4.98 Å². The molecule has 4 rings (SSSR count). The van der Waals surface area contributed by atoms with Gasteiger partial charge in [-0.1, -0.05) is 23.9 Å². The third-order valence-corrected chi connectivity index (χ3v) is 6.33. The fourth-order valence-electron chi connectivity index (χ4n) is 2.80. The molecule has 3 heterocycles. The highest BCUT2D eigenvalue weighted by molar-refractivity contribution is 8.16. The highest BCUT2D eigenvalue weighted by Gasteiger charge is 2.17. The van der Waals surface area contributed by atoms with Crippen molar-refractivity contribution in [2.45, 2.75) is 0 Å². The van der Waals surface area contributed by atoms with Gasteiger partial charge >= 0.3 is 0 Å². The molecule has 2 aliphatic rings. The van der Waals surface area contributed by atoms with Crippen molar-refractivity contribution in [3.05, 3.63) is 100 Å². The van der Waals surface area contributed by atoms with E-state index in [0.717, 1.165) is 5.69 Å². The van der Waals surface area contributed by atoms with Gasteiger partial charge in [0, 0.05) is 33.0 Å². The van der Waals surface area contributed by atoms with Gasteiger partial charge in [-0.3, -0.25) is 4.98 Å². The van der Waals surface area contributed by atoms with Crippen molar-refractivity contribution in [1.29, 1.82) is 0 Å². The molecule has 0 saturated carbocycles. The minimum Gasteiger partial charge on any atom is -0.256 e. The summed E-state index contributed by atoms with van der Waals surface area (Å²) in [5.74, 6) is 0. The van der Waals surface area contributed by atoms with Gasteiger partial charge in [0.05, 0.1) is 5.69 Å². The summed E-state index contributed by atoms with van der Waals surface area (Å²) in [5, 5.41) is 2.13. The second kappa shape index (κ2) is 7.44. The minimum absolute atomic E-state index is 1.02. The molecule has 0 saturated heterocycles. The van der Waals surface area contributed by atoms with Crippen molar-refractivity contribution in [2.24, 2.45) is 0 Å². The SMILES string of the molecule is C[N+](C)=C1C=CC(=C2C=C(c3ccccn3)SC(c3cccs3)=C2)C=C1. The smallest absolute Gasteiger partial charge is 0.199 e. The molecular formula is C22H19N2S2+. The van der Waals surface area contributed by atoms with Crippen LogP contribution in [0.25, 0.3) is 9.81 Å². The zero-order valence-corrected chi connectivity index (χ0v) is 16.3. The summed E-state index contributed by atoms with van der Waals surface area (Å²) in [6.45, 7) is 0. The molecule has 4 heteroatoms. The van der Waals surface area contributed by atoms with Crippen molar-refractivity contribution in [3.8, 4) is 0 Å². The molecule has 0 aromatic carbocycles. The Bertz CT molecular complexity index is 980. The highest BCUT2D eigenvalue weighted by Crippen LogP contribution is 2.45. The standard InChI is InChI=1S/C22H19N2S2/c1-24(2)18-10-8-16(9-11-18)17-14-21(19-6-3-4-12-23-19)26-22(15-17)20-7-5-13-25-20/h3-15H,1-2H3/q+1. The van der Waals surface area contributed by atoms with E-state index in [1.165, 1.54) is 31.5 Å². The highest BCUT2D eigenvalue weighted by atomic mass is 32.2. The second-order valence-corrected chi connectivity index (χ2v) is 8.24. The van der Waals surface area contributed by atoms with E-state index in [4.69, 9.17) is 0 Å². The number of thioether (sulfide) groups is 1. The van der Waals surface area contributed by atoms with E-state index in [1.807, 2.05) is 18.3 Å². The number of nitrogens with zero attached hydrogens (tertiary/aromatic N) is 2. The molecule has 0 atom stereocenters. The van der Waals surface area contributed by atoms with Crippen molar-refractivity contribution >= 4 is 38.6 Å². The lowest BCUT2D eigenvalue weighted by Gasteiger charge is -2.17. The largest absolute Gasteiger partial charge is 0.256 e. The number of hydrogen-bond acceptors (Lipinski definition) is 3. The fraction of sp³-hybridized carbons (Fsp3) is 0.0909. The van der Waals surface area contributed by atoms with Crippen LogP contribution in [0, 0.1) is 0 Å². The monoisotopic (exact) mass is 375 g/mol. The van der Waals surface area contributed by atoms with Crippen LogP contribution in [0.15, 0.2) is 89.5 Å². The van der Waals surface area contributed by atoms with Gasteiger partial charge < -0.3 is 0 Å². The molecule has 0 N–H and O–H groups in total. The van der Waals surface area contributed by atoms with Gasteiger partial charge in [0.15, 0.2) is 5.71 Å². The van der Waals surface area contributed by atoms with Crippen LogP contribution in [-0.2, 0) is 0 Å². The summed E-state index contributed by atoms with van der Waals surface area (Å²) in [6, 6.07) is 10.4. The summed E-state index contributed by atoms with van der Waals surface area (Å²) in [7, 11) is 4.13. The van der Waals surface area contributed by atoms with Crippen LogP contribution in [0.5, 0.6) is 0 Å². The lowest BCUT2D eigenvalue weighted by Crippen LogP contribution is -2.10. The summed E-state index contributed by atoms with van der Waals surface area (Å²) in [6.07, 6.45) is 15.1. The number of aromatic nitrogens is 1. The van der Waals surface area contributed by atoms with Gasteiger partial charge in [0.2, 0.25) is 0 Å². The lowest BCUT2D eigenvalue weighted by atomic mass is 10.0.